The number of morpholine rings is 1. The Labute approximate surface area is 127 Å². The minimum absolute atomic E-state index is 0.124. The van der Waals surface area contributed by atoms with Crippen molar-refractivity contribution in [3.8, 4) is 5.75 Å². The van der Waals surface area contributed by atoms with Crippen molar-refractivity contribution in [3.05, 3.63) is 35.4 Å². The summed E-state index contributed by atoms with van der Waals surface area (Å²) in [5.74, 6) is -0.145. The molecular formula is C16H18F3NO2. The fraction of sp³-hybridized carbons (Fsp3) is 0.500. The molecule has 0 amide bonds. The first-order chi connectivity index (χ1) is 10.4. The second kappa shape index (κ2) is 5.59. The smallest absolute Gasteiger partial charge is 0.419 e. The summed E-state index contributed by atoms with van der Waals surface area (Å²) in [5, 5.41) is 0. The van der Waals surface area contributed by atoms with Gasteiger partial charge in [-0.3, -0.25) is 4.90 Å². The van der Waals surface area contributed by atoms with Gasteiger partial charge in [0.05, 0.1) is 31.9 Å². The van der Waals surface area contributed by atoms with Gasteiger partial charge in [0.25, 0.3) is 0 Å². The molecular weight excluding hydrogens is 295 g/mol. The highest BCUT2D eigenvalue weighted by Crippen LogP contribution is 2.39. The van der Waals surface area contributed by atoms with E-state index in [1.54, 1.807) is 6.07 Å². The second-order valence-electron chi connectivity index (χ2n) is 5.73. The van der Waals surface area contributed by atoms with E-state index in [0.717, 1.165) is 5.57 Å². The van der Waals surface area contributed by atoms with Crippen LogP contribution in [0.1, 0.15) is 17.5 Å². The average molecular weight is 313 g/mol. The lowest BCUT2D eigenvalue weighted by Crippen LogP contribution is -2.51. The van der Waals surface area contributed by atoms with E-state index in [9.17, 15) is 13.2 Å². The highest BCUT2D eigenvalue weighted by Gasteiger charge is 2.36. The minimum atomic E-state index is -4.42. The predicted molar refractivity (Wildman–Crippen MR) is 76.7 cm³/mol. The summed E-state index contributed by atoms with van der Waals surface area (Å²) in [4.78, 5) is 2.22. The molecule has 120 valence electrons. The molecule has 2 aliphatic heterocycles. The zero-order chi connectivity index (χ0) is 15.9. The van der Waals surface area contributed by atoms with Gasteiger partial charge in [-0.25, -0.2) is 0 Å². The Bertz CT molecular complexity index is 598. The molecule has 2 heterocycles. The van der Waals surface area contributed by atoms with Crippen molar-refractivity contribution in [2.75, 3.05) is 27.4 Å². The van der Waals surface area contributed by atoms with Gasteiger partial charge in [-0.2, -0.15) is 13.2 Å². The van der Waals surface area contributed by atoms with E-state index in [-0.39, 0.29) is 17.8 Å². The SMILES string of the molecule is COc1ccc(C2=CC3COCC(C2)N3C)cc1C(F)(F)F. The van der Waals surface area contributed by atoms with Gasteiger partial charge in [0.1, 0.15) is 5.75 Å². The summed E-state index contributed by atoms with van der Waals surface area (Å²) >= 11 is 0. The lowest BCUT2D eigenvalue weighted by Gasteiger charge is -2.42. The van der Waals surface area contributed by atoms with Crippen molar-refractivity contribution in [2.45, 2.75) is 24.7 Å². The number of rotatable bonds is 2. The van der Waals surface area contributed by atoms with E-state index in [1.165, 1.54) is 19.2 Å². The Hall–Kier alpha value is -1.53. The monoisotopic (exact) mass is 313 g/mol. The van der Waals surface area contributed by atoms with Crippen LogP contribution in [0.4, 0.5) is 13.2 Å². The van der Waals surface area contributed by atoms with E-state index < -0.39 is 11.7 Å². The van der Waals surface area contributed by atoms with Crippen molar-refractivity contribution >= 4 is 5.57 Å². The molecule has 1 fully saturated rings. The van der Waals surface area contributed by atoms with Crippen LogP contribution in [-0.4, -0.2) is 44.4 Å². The minimum Gasteiger partial charge on any atom is -0.496 e. The Balaban J connectivity index is 1.99. The Morgan fingerprint density at radius 3 is 2.68 bits per heavy atom. The summed E-state index contributed by atoms with van der Waals surface area (Å²) in [6, 6.07) is 4.62. The zero-order valence-electron chi connectivity index (χ0n) is 12.5. The summed E-state index contributed by atoms with van der Waals surface area (Å²) in [7, 11) is 3.28. The van der Waals surface area contributed by atoms with Crippen LogP contribution in [0, 0.1) is 0 Å². The average Bonchev–Trinajstić information content (AvgIpc) is 2.45. The summed E-state index contributed by atoms with van der Waals surface area (Å²) in [6.07, 6.45) is -1.72. The van der Waals surface area contributed by atoms with Gasteiger partial charge in [-0.05, 0) is 36.7 Å². The molecule has 0 N–H and O–H groups in total. The molecule has 2 unspecified atom stereocenters. The van der Waals surface area contributed by atoms with E-state index in [2.05, 4.69) is 4.90 Å². The van der Waals surface area contributed by atoms with Crippen LogP contribution in [0.5, 0.6) is 5.75 Å². The highest BCUT2D eigenvalue weighted by atomic mass is 19.4. The van der Waals surface area contributed by atoms with E-state index >= 15 is 0 Å². The normalized spacial score (nSPS) is 25.8. The van der Waals surface area contributed by atoms with Gasteiger partial charge in [-0.15, -0.1) is 0 Å². The number of ether oxygens (including phenoxy) is 2. The van der Waals surface area contributed by atoms with Gasteiger partial charge in [-0.1, -0.05) is 12.1 Å². The molecule has 6 heteroatoms. The lowest BCUT2D eigenvalue weighted by atomic mass is 9.89. The molecule has 3 nitrogen and oxygen atoms in total. The number of hydrogen-bond donors (Lipinski definition) is 0. The third-order valence-electron chi connectivity index (χ3n) is 4.42. The second-order valence-corrected chi connectivity index (χ2v) is 5.73. The largest absolute Gasteiger partial charge is 0.496 e. The number of fused-ring (bicyclic) bond motifs is 2. The highest BCUT2D eigenvalue weighted by molar-refractivity contribution is 5.69. The first kappa shape index (κ1) is 15.4. The Morgan fingerprint density at radius 2 is 2.05 bits per heavy atom. The van der Waals surface area contributed by atoms with Crippen molar-refractivity contribution in [1.29, 1.82) is 0 Å². The third kappa shape index (κ3) is 2.73. The number of benzene rings is 1. The molecule has 0 radical (unpaired) electrons. The molecule has 22 heavy (non-hydrogen) atoms. The number of hydrogen-bond acceptors (Lipinski definition) is 3. The topological polar surface area (TPSA) is 21.7 Å². The molecule has 3 rings (SSSR count). The molecule has 1 saturated heterocycles. The van der Waals surface area contributed by atoms with E-state index in [0.29, 0.717) is 25.2 Å². The van der Waals surface area contributed by atoms with Gasteiger partial charge in [0.2, 0.25) is 0 Å². The molecule has 0 saturated carbocycles. The fourth-order valence-electron chi connectivity index (χ4n) is 3.10. The summed E-state index contributed by atoms with van der Waals surface area (Å²) < 4.78 is 49.8. The van der Waals surface area contributed by atoms with E-state index in [1.807, 2.05) is 13.1 Å². The molecule has 2 aliphatic rings. The van der Waals surface area contributed by atoms with Gasteiger partial charge in [0.15, 0.2) is 0 Å². The van der Waals surface area contributed by atoms with Crippen LogP contribution in [0.2, 0.25) is 0 Å². The Morgan fingerprint density at radius 1 is 1.27 bits per heavy atom. The standard InChI is InChI=1S/C16H18F3NO2/c1-20-12-5-11(6-13(20)9-22-8-12)10-3-4-15(21-2)14(7-10)16(17,18)19/h3-5,7,12-13H,6,8-9H2,1-2H3. The molecule has 1 aromatic rings. The first-order valence-electron chi connectivity index (χ1n) is 7.16. The maximum absolute atomic E-state index is 13.1. The van der Waals surface area contributed by atoms with Crippen LogP contribution in [0.3, 0.4) is 0 Å². The molecule has 1 aromatic carbocycles. The first-order valence-corrected chi connectivity index (χ1v) is 7.16. The zero-order valence-corrected chi connectivity index (χ0v) is 12.5. The number of halogens is 3. The third-order valence-corrected chi connectivity index (χ3v) is 4.42. The van der Waals surface area contributed by atoms with Crippen LogP contribution in [0.25, 0.3) is 5.57 Å². The summed E-state index contributed by atoms with van der Waals surface area (Å²) in [5.41, 5.74) is 0.830. The fourth-order valence-corrected chi connectivity index (χ4v) is 3.10. The van der Waals surface area contributed by atoms with Gasteiger partial charge >= 0.3 is 6.18 Å². The molecule has 0 aromatic heterocycles. The van der Waals surface area contributed by atoms with Crippen molar-refractivity contribution < 1.29 is 22.6 Å². The quantitative estimate of drug-likeness (QED) is 0.837. The number of likely N-dealkylation sites (N-methyl/N-ethyl adjacent to an activating group) is 1. The molecule has 0 aliphatic carbocycles. The van der Waals surface area contributed by atoms with Crippen LogP contribution in [-0.2, 0) is 10.9 Å². The number of nitrogens with zero attached hydrogens (tertiary/aromatic N) is 1. The van der Waals surface area contributed by atoms with Crippen LogP contribution in [0.15, 0.2) is 24.3 Å². The predicted octanol–water partition coefficient (Wildman–Crippen LogP) is 3.20. The lowest BCUT2D eigenvalue weighted by molar-refractivity contribution is -0.138. The van der Waals surface area contributed by atoms with Crippen molar-refractivity contribution in [1.82, 2.24) is 4.90 Å². The van der Waals surface area contributed by atoms with Crippen LogP contribution < -0.4 is 4.74 Å². The molecule has 2 bridgehead atoms. The van der Waals surface area contributed by atoms with Gasteiger partial charge in [0, 0.05) is 6.04 Å². The maximum Gasteiger partial charge on any atom is 0.419 e. The molecule has 0 spiro atoms. The maximum atomic E-state index is 13.1. The number of methoxy groups -OCH3 is 1. The molecule has 2 atom stereocenters. The van der Waals surface area contributed by atoms with Crippen LogP contribution >= 0.6 is 0 Å². The van der Waals surface area contributed by atoms with Crippen molar-refractivity contribution in [3.63, 3.8) is 0 Å². The van der Waals surface area contributed by atoms with E-state index in [4.69, 9.17) is 9.47 Å². The summed E-state index contributed by atoms with van der Waals surface area (Å²) in [6.45, 7) is 1.20. The number of alkyl halides is 3. The van der Waals surface area contributed by atoms with Crippen molar-refractivity contribution in [2.24, 2.45) is 0 Å². The Kier molecular flexibility index (Phi) is 3.91. The van der Waals surface area contributed by atoms with Gasteiger partial charge < -0.3 is 9.47 Å².